The van der Waals surface area contributed by atoms with E-state index in [-0.39, 0.29) is 29.2 Å². The normalized spacial score (nSPS) is 11.0. The Balaban J connectivity index is 3.60. The molecule has 0 aliphatic rings. The molecule has 3 nitrogen and oxygen atoms in total. The van der Waals surface area contributed by atoms with Crippen LogP contribution in [-0.2, 0) is 14.4 Å². The van der Waals surface area contributed by atoms with Gasteiger partial charge in [-0.15, -0.1) is 0 Å². The lowest BCUT2D eigenvalue weighted by Crippen LogP contribution is -2.10. The summed E-state index contributed by atoms with van der Waals surface area (Å²) in [5.41, 5.74) is 0. The molecule has 0 atom stereocenters. The van der Waals surface area contributed by atoms with Gasteiger partial charge in [-0.2, -0.15) is 0 Å². The van der Waals surface area contributed by atoms with Crippen LogP contribution in [0.5, 0.6) is 0 Å². The minimum Gasteiger partial charge on any atom is -0.300 e. The fourth-order valence-electron chi connectivity index (χ4n) is 1.59. The Morgan fingerprint density at radius 1 is 0.667 bits per heavy atom. The van der Waals surface area contributed by atoms with Gasteiger partial charge in [-0.05, 0) is 12.8 Å². The van der Waals surface area contributed by atoms with E-state index in [1.54, 1.807) is 0 Å². The maximum absolute atomic E-state index is 11.5. The van der Waals surface area contributed by atoms with E-state index in [9.17, 15) is 14.4 Å². The number of carbonyl (C=O) groups excluding carboxylic acids is 3. The van der Waals surface area contributed by atoms with Crippen molar-refractivity contribution in [3.05, 3.63) is 0 Å². The van der Waals surface area contributed by atoms with Crippen LogP contribution >= 0.6 is 0 Å². The molecular formula is C15H26O3. The molecule has 0 saturated carbocycles. The molecule has 104 valence electrons. The van der Waals surface area contributed by atoms with Crippen LogP contribution in [0, 0.1) is 11.8 Å². The van der Waals surface area contributed by atoms with Crippen molar-refractivity contribution in [2.75, 3.05) is 0 Å². The van der Waals surface area contributed by atoms with Crippen molar-refractivity contribution < 1.29 is 14.4 Å². The SMILES string of the molecule is CC(C)C(=O)CCCCC(=O)CCC(=O)C(C)C. The van der Waals surface area contributed by atoms with Crippen LogP contribution in [0.25, 0.3) is 0 Å². The lowest BCUT2D eigenvalue weighted by molar-refractivity contribution is -0.126. The zero-order valence-electron chi connectivity index (χ0n) is 12.1. The Kier molecular flexibility index (Phi) is 8.51. The van der Waals surface area contributed by atoms with Gasteiger partial charge in [0.1, 0.15) is 17.3 Å². The Hall–Kier alpha value is -0.990. The van der Waals surface area contributed by atoms with E-state index in [0.717, 1.165) is 12.8 Å². The molecule has 0 aromatic carbocycles. The number of hydrogen-bond donors (Lipinski definition) is 0. The Morgan fingerprint density at radius 3 is 1.61 bits per heavy atom. The van der Waals surface area contributed by atoms with E-state index in [1.165, 1.54) is 0 Å². The molecule has 0 bridgehead atoms. The second-order valence-corrected chi connectivity index (χ2v) is 5.49. The maximum atomic E-state index is 11.5. The lowest BCUT2D eigenvalue weighted by Gasteiger charge is -2.05. The third kappa shape index (κ3) is 8.15. The zero-order chi connectivity index (χ0) is 14.1. The Labute approximate surface area is 110 Å². The third-order valence-electron chi connectivity index (χ3n) is 3.07. The van der Waals surface area contributed by atoms with Gasteiger partial charge in [-0.3, -0.25) is 14.4 Å². The molecule has 0 aliphatic carbocycles. The number of rotatable bonds is 10. The van der Waals surface area contributed by atoms with Crippen molar-refractivity contribution in [2.45, 2.75) is 66.2 Å². The maximum Gasteiger partial charge on any atom is 0.135 e. The molecule has 0 fully saturated rings. The van der Waals surface area contributed by atoms with Gasteiger partial charge in [0.25, 0.3) is 0 Å². The minimum absolute atomic E-state index is 0.0152. The second-order valence-electron chi connectivity index (χ2n) is 5.49. The van der Waals surface area contributed by atoms with Gasteiger partial charge >= 0.3 is 0 Å². The quantitative estimate of drug-likeness (QED) is 0.562. The van der Waals surface area contributed by atoms with Crippen LogP contribution in [0.3, 0.4) is 0 Å². The summed E-state index contributed by atoms with van der Waals surface area (Å²) >= 11 is 0. The molecule has 0 saturated heterocycles. The van der Waals surface area contributed by atoms with Crippen LogP contribution in [0.4, 0.5) is 0 Å². The van der Waals surface area contributed by atoms with E-state index in [2.05, 4.69) is 0 Å². The molecule has 0 radical (unpaired) electrons. The summed E-state index contributed by atoms with van der Waals surface area (Å²) in [6, 6.07) is 0. The second kappa shape index (κ2) is 9.01. The molecule has 0 aliphatic heterocycles. The van der Waals surface area contributed by atoms with Gasteiger partial charge in [0.05, 0.1) is 0 Å². The number of unbranched alkanes of at least 4 members (excludes halogenated alkanes) is 1. The summed E-state index contributed by atoms with van der Waals surface area (Å²) in [5, 5.41) is 0. The zero-order valence-corrected chi connectivity index (χ0v) is 12.1. The van der Waals surface area contributed by atoms with E-state index < -0.39 is 0 Å². The van der Waals surface area contributed by atoms with E-state index in [1.807, 2.05) is 27.7 Å². The van der Waals surface area contributed by atoms with Crippen molar-refractivity contribution in [3.8, 4) is 0 Å². The molecule has 0 rings (SSSR count). The highest BCUT2D eigenvalue weighted by atomic mass is 16.1. The average molecular weight is 254 g/mol. The summed E-state index contributed by atoms with van der Waals surface area (Å²) in [4.78, 5) is 34.2. The minimum atomic E-state index is 0.0152. The number of ketones is 3. The van der Waals surface area contributed by atoms with Crippen LogP contribution in [0.15, 0.2) is 0 Å². The van der Waals surface area contributed by atoms with Crippen LogP contribution in [-0.4, -0.2) is 17.3 Å². The first-order valence-corrected chi connectivity index (χ1v) is 6.91. The largest absolute Gasteiger partial charge is 0.300 e. The molecule has 3 heteroatoms. The predicted molar refractivity (Wildman–Crippen MR) is 72.4 cm³/mol. The summed E-state index contributed by atoms with van der Waals surface area (Å²) in [6.45, 7) is 7.49. The fraction of sp³-hybridized carbons (Fsp3) is 0.800. The summed E-state index contributed by atoms with van der Waals surface area (Å²) in [7, 11) is 0. The Bertz CT molecular complexity index is 290. The van der Waals surface area contributed by atoms with Crippen LogP contribution < -0.4 is 0 Å². The lowest BCUT2D eigenvalue weighted by atomic mass is 9.99. The highest BCUT2D eigenvalue weighted by Crippen LogP contribution is 2.09. The monoisotopic (exact) mass is 254 g/mol. The molecule has 0 unspecified atom stereocenters. The van der Waals surface area contributed by atoms with Gasteiger partial charge < -0.3 is 0 Å². The molecule has 18 heavy (non-hydrogen) atoms. The van der Waals surface area contributed by atoms with Gasteiger partial charge in [0.2, 0.25) is 0 Å². The topological polar surface area (TPSA) is 51.2 Å². The summed E-state index contributed by atoms with van der Waals surface area (Å²) in [5.74, 6) is 0.655. The van der Waals surface area contributed by atoms with Crippen molar-refractivity contribution in [1.82, 2.24) is 0 Å². The Morgan fingerprint density at radius 2 is 1.11 bits per heavy atom. The van der Waals surface area contributed by atoms with Crippen LogP contribution in [0.1, 0.15) is 66.2 Å². The molecular weight excluding hydrogens is 228 g/mol. The van der Waals surface area contributed by atoms with Gasteiger partial charge in [0.15, 0.2) is 0 Å². The van der Waals surface area contributed by atoms with Crippen molar-refractivity contribution in [2.24, 2.45) is 11.8 Å². The van der Waals surface area contributed by atoms with Crippen molar-refractivity contribution >= 4 is 17.3 Å². The molecule has 0 aromatic heterocycles. The highest BCUT2D eigenvalue weighted by molar-refractivity contribution is 5.86. The van der Waals surface area contributed by atoms with E-state index in [0.29, 0.717) is 25.7 Å². The molecule has 0 heterocycles. The van der Waals surface area contributed by atoms with E-state index >= 15 is 0 Å². The first kappa shape index (κ1) is 17.0. The highest BCUT2D eigenvalue weighted by Gasteiger charge is 2.11. The molecule has 0 N–H and O–H groups in total. The number of Topliss-reactive ketones (excluding diaryl/α,β-unsaturated/α-hetero) is 3. The molecule has 0 spiro atoms. The molecule has 0 aromatic rings. The van der Waals surface area contributed by atoms with Crippen molar-refractivity contribution in [1.29, 1.82) is 0 Å². The predicted octanol–water partition coefficient (Wildman–Crippen LogP) is 3.35. The molecule has 0 amide bonds. The van der Waals surface area contributed by atoms with Gasteiger partial charge in [-0.1, -0.05) is 27.7 Å². The van der Waals surface area contributed by atoms with Crippen LogP contribution in [0.2, 0.25) is 0 Å². The number of hydrogen-bond acceptors (Lipinski definition) is 3. The first-order valence-electron chi connectivity index (χ1n) is 6.91. The summed E-state index contributed by atoms with van der Waals surface area (Å²) < 4.78 is 0. The van der Waals surface area contributed by atoms with E-state index in [4.69, 9.17) is 0 Å². The standard InChI is InChI=1S/C15H26O3/c1-11(2)14(17)8-6-5-7-13(16)9-10-15(18)12(3)4/h11-12H,5-10H2,1-4H3. The first-order chi connectivity index (χ1) is 8.34. The van der Waals surface area contributed by atoms with Gasteiger partial charge in [-0.25, -0.2) is 0 Å². The third-order valence-corrected chi connectivity index (χ3v) is 3.07. The van der Waals surface area contributed by atoms with Crippen molar-refractivity contribution in [3.63, 3.8) is 0 Å². The van der Waals surface area contributed by atoms with Gasteiger partial charge in [0, 0.05) is 37.5 Å². The smallest absolute Gasteiger partial charge is 0.135 e. The summed E-state index contributed by atoms with van der Waals surface area (Å²) in [6.07, 6.45) is 3.32. The number of carbonyl (C=O) groups is 3. The average Bonchev–Trinajstić information content (AvgIpc) is 2.30. The fourth-order valence-corrected chi connectivity index (χ4v) is 1.59.